The summed E-state index contributed by atoms with van der Waals surface area (Å²) in [7, 11) is 0. The summed E-state index contributed by atoms with van der Waals surface area (Å²) in [6, 6.07) is 14.3. The molecule has 4 rings (SSSR count). The third-order valence-electron chi connectivity index (χ3n) is 5.30. The Labute approximate surface area is 215 Å². The van der Waals surface area contributed by atoms with Gasteiger partial charge in [0.05, 0.1) is 19.1 Å². The predicted molar refractivity (Wildman–Crippen MR) is 140 cm³/mol. The molecule has 180 valence electrons. The second-order valence-corrected chi connectivity index (χ2v) is 7.56. The summed E-state index contributed by atoms with van der Waals surface area (Å²) in [5.74, 6) is 1.08. The Hall–Kier alpha value is -3.28. The molecule has 0 saturated carbocycles. The SMILES string of the molecule is CCNC(=NCc1ccc(NC(=O)c2ccco2)cc1)N1CCN(C(=O)c2ccco2)CC1.I. The van der Waals surface area contributed by atoms with E-state index >= 15 is 0 Å². The number of benzene rings is 1. The molecule has 0 atom stereocenters. The molecule has 1 aliphatic heterocycles. The minimum Gasteiger partial charge on any atom is -0.459 e. The number of anilines is 1. The van der Waals surface area contributed by atoms with E-state index < -0.39 is 0 Å². The van der Waals surface area contributed by atoms with Crippen LogP contribution >= 0.6 is 24.0 Å². The molecule has 1 fully saturated rings. The van der Waals surface area contributed by atoms with E-state index in [0.717, 1.165) is 18.1 Å². The molecule has 0 unspecified atom stereocenters. The number of amides is 2. The van der Waals surface area contributed by atoms with Crippen molar-refractivity contribution in [1.82, 2.24) is 15.1 Å². The summed E-state index contributed by atoms with van der Waals surface area (Å²) in [6.07, 6.45) is 2.98. The molecule has 2 amide bonds. The van der Waals surface area contributed by atoms with Gasteiger partial charge in [0.2, 0.25) is 0 Å². The second kappa shape index (κ2) is 12.3. The van der Waals surface area contributed by atoms with Crippen molar-refractivity contribution < 1.29 is 18.4 Å². The van der Waals surface area contributed by atoms with Crippen LogP contribution in [-0.2, 0) is 6.54 Å². The lowest BCUT2D eigenvalue weighted by Crippen LogP contribution is -2.53. The third-order valence-corrected chi connectivity index (χ3v) is 5.30. The largest absolute Gasteiger partial charge is 0.459 e. The van der Waals surface area contributed by atoms with Crippen LogP contribution in [-0.4, -0.2) is 60.3 Å². The molecule has 1 aromatic carbocycles. The average Bonchev–Trinajstić information content (AvgIpc) is 3.57. The number of halogens is 1. The Morgan fingerprint density at radius 1 is 0.912 bits per heavy atom. The van der Waals surface area contributed by atoms with Crippen LogP contribution in [0.4, 0.5) is 5.69 Å². The van der Waals surface area contributed by atoms with Crippen molar-refractivity contribution in [2.24, 2.45) is 4.99 Å². The van der Waals surface area contributed by atoms with Crippen molar-refractivity contribution in [3.63, 3.8) is 0 Å². The van der Waals surface area contributed by atoms with Crippen molar-refractivity contribution in [2.45, 2.75) is 13.5 Å². The van der Waals surface area contributed by atoms with Crippen molar-refractivity contribution in [3.8, 4) is 0 Å². The molecule has 34 heavy (non-hydrogen) atoms. The summed E-state index contributed by atoms with van der Waals surface area (Å²) in [5, 5.41) is 6.14. The van der Waals surface area contributed by atoms with Gasteiger partial charge in [-0.1, -0.05) is 12.1 Å². The molecular formula is C24H28IN5O4. The number of aliphatic imine (C=N–C) groups is 1. The third kappa shape index (κ3) is 6.40. The van der Waals surface area contributed by atoms with Gasteiger partial charge in [-0.2, -0.15) is 0 Å². The molecule has 3 heterocycles. The monoisotopic (exact) mass is 577 g/mol. The highest BCUT2D eigenvalue weighted by molar-refractivity contribution is 14.0. The summed E-state index contributed by atoms with van der Waals surface area (Å²) < 4.78 is 10.3. The Morgan fingerprint density at radius 2 is 1.53 bits per heavy atom. The first-order valence-electron chi connectivity index (χ1n) is 10.9. The first-order valence-corrected chi connectivity index (χ1v) is 10.9. The molecular weight excluding hydrogens is 549 g/mol. The molecule has 9 nitrogen and oxygen atoms in total. The number of furan rings is 2. The highest BCUT2D eigenvalue weighted by atomic mass is 127. The van der Waals surface area contributed by atoms with Crippen LogP contribution in [0, 0.1) is 0 Å². The summed E-state index contributed by atoms with van der Waals surface area (Å²) in [6.45, 7) is 5.87. The molecule has 0 bridgehead atoms. The number of guanidine groups is 1. The van der Waals surface area contributed by atoms with Crippen molar-refractivity contribution in [1.29, 1.82) is 0 Å². The topological polar surface area (TPSA) is 103 Å². The van der Waals surface area contributed by atoms with E-state index in [1.54, 1.807) is 29.2 Å². The minimum atomic E-state index is -0.287. The summed E-state index contributed by atoms with van der Waals surface area (Å²) >= 11 is 0. The molecule has 10 heteroatoms. The van der Waals surface area contributed by atoms with Crippen molar-refractivity contribution >= 4 is 47.4 Å². The Balaban J connectivity index is 0.00000324. The molecule has 3 aromatic rings. The van der Waals surface area contributed by atoms with Crippen LogP contribution in [0.1, 0.15) is 33.6 Å². The molecule has 2 aromatic heterocycles. The van der Waals surface area contributed by atoms with E-state index in [-0.39, 0.29) is 41.6 Å². The zero-order chi connectivity index (χ0) is 23.0. The van der Waals surface area contributed by atoms with Crippen LogP contribution in [0.5, 0.6) is 0 Å². The normalized spacial score (nSPS) is 13.9. The van der Waals surface area contributed by atoms with E-state index in [1.807, 2.05) is 31.2 Å². The fraction of sp³-hybridized carbons (Fsp3) is 0.292. The molecule has 0 radical (unpaired) electrons. The first-order chi connectivity index (χ1) is 16.1. The van der Waals surface area contributed by atoms with Gasteiger partial charge in [0.1, 0.15) is 0 Å². The van der Waals surface area contributed by atoms with Gasteiger partial charge in [-0.3, -0.25) is 9.59 Å². The average molecular weight is 577 g/mol. The predicted octanol–water partition coefficient (Wildman–Crippen LogP) is 3.67. The van der Waals surface area contributed by atoms with Gasteiger partial charge in [-0.05, 0) is 48.9 Å². The van der Waals surface area contributed by atoms with Gasteiger partial charge in [0.25, 0.3) is 11.8 Å². The minimum absolute atomic E-state index is 0. The van der Waals surface area contributed by atoms with Gasteiger partial charge in [-0.15, -0.1) is 24.0 Å². The Kier molecular flexibility index (Phi) is 9.14. The second-order valence-electron chi connectivity index (χ2n) is 7.56. The molecule has 0 aliphatic carbocycles. The van der Waals surface area contributed by atoms with E-state index in [9.17, 15) is 9.59 Å². The van der Waals surface area contributed by atoms with Gasteiger partial charge in [0, 0.05) is 38.4 Å². The number of piperazine rings is 1. The van der Waals surface area contributed by atoms with E-state index in [2.05, 4.69) is 15.5 Å². The van der Waals surface area contributed by atoms with Crippen LogP contribution in [0.25, 0.3) is 0 Å². The zero-order valence-electron chi connectivity index (χ0n) is 18.9. The van der Waals surface area contributed by atoms with Crippen molar-refractivity contribution in [2.75, 3.05) is 38.0 Å². The zero-order valence-corrected chi connectivity index (χ0v) is 21.2. The van der Waals surface area contributed by atoms with Crippen LogP contribution < -0.4 is 10.6 Å². The lowest BCUT2D eigenvalue weighted by atomic mass is 10.2. The fourth-order valence-electron chi connectivity index (χ4n) is 3.56. The lowest BCUT2D eigenvalue weighted by Gasteiger charge is -2.36. The quantitative estimate of drug-likeness (QED) is 0.264. The first kappa shape index (κ1) is 25.3. The lowest BCUT2D eigenvalue weighted by molar-refractivity contribution is 0.0657. The number of nitrogens with zero attached hydrogens (tertiary/aromatic N) is 3. The van der Waals surface area contributed by atoms with E-state index in [1.165, 1.54) is 12.5 Å². The van der Waals surface area contributed by atoms with Crippen molar-refractivity contribution in [3.05, 3.63) is 78.1 Å². The molecule has 1 saturated heterocycles. The number of carbonyl (C=O) groups excluding carboxylic acids is 2. The fourth-order valence-corrected chi connectivity index (χ4v) is 3.56. The van der Waals surface area contributed by atoms with E-state index in [4.69, 9.17) is 13.8 Å². The van der Waals surface area contributed by atoms with Gasteiger partial charge in [0.15, 0.2) is 17.5 Å². The smallest absolute Gasteiger partial charge is 0.291 e. The Morgan fingerprint density at radius 3 is 2.12 bits per heavy atom. The number of nitrogens with one attached hydrogen (secondary N) is 2. The maximum atomic E-state index is 12.5. The standard InChI is InChI=1S/C24H27N5O4.HI/c1-2-25-24(29-13-11-28(12-14-29)23(31)21-6-4-16-33-21)26-17-18-7-9-19(10-8-18)27-22(30)20-5-3-15-32-20;/h3-10,15-16H,2,11-14,17H2,1H3,(H,25,26)(H,27,30);1H. The van der Waals surface area contributed by atoms with Crippen LogP contribution in [0.3, 0.4) is 0 Å². The number of rotatable bonds is 6. The number of hydrogen-bond acceptors (Lipinski definition) is 5. The maximum Gasteiger partial charge on any atom is 0.291 e. The van der Waals surface area contributed by atoms with Gasteiger partial charge >= 0.3 is 0 Å². The van der Waals surface area contributed by atoms with Gasteiger partial charge in [-0.25, -0.2) is 4.99 Å². The Bertz CT molecular complexity index is 1070. The van der Waals surface area contributed by atoms with Gasteiger partial charge < -0.3 is 29.3 Å². The summed E-state index contributed by atoms with van der Waals surface area (Å²) in [5.41, 5.74) is 1.71. The van der Waals surface area contributed by atoms with Crippen LogP contribution in [0.15, 0.2) is 74.9 Å². The van der Waals surface area contributed by atoms with E-state index in [0.29, 0.717) is 44.2 Å². The highest BCUT2D eigenvalue weighted by Crippen LogP contribution is 2.14. The summed E-state index contributed by atoms with van der Waals surface area (Å²) in [4.78, 5) is 33.3. The maximum absolute atomic E-state index is 12.5. The highest BCUT2D eigenvalue weighted by Gasteiger charge is 2.25. The number of hydrogen-bond donors (Lipinski definition) is 2. The molecule has 0 spiro atoms. The molecule has 2 N–H and O–H groups in total. The molecule has 1 aliphatic rings. The van der Waals surface area contributed by atoms with Crippen LogP contribution in [0.2, 0.25) is 0 Å². The number of carbonyl (C=O) groups is 2.